The Kier molecular flexibility index (Phi) is 6.14. The van der Waals surface area contributed by atoms with Gasteiger partial charge in [-0.05, 0) is 47.9 Å². The van der Waals surface area contributed by atoms with Crippen LogP contribution in [0.1, 0.15) is 17.5 Å². The van der Waals surface area contributed by atoms with E-state index in [0.717, 1.165) is 5.56 Å². The highest BCUT2D eigenvalue weighted by molar-refractivity contribution is 7.91. The van der Waals surface area contributed by atoms with Gasteiger partial charge in [-0.2, -0.15) is 0 Å². The van der Waals surface area contributed by atoms with E-state index in [2.05, 4.69) is 0 Å². The van der Waals surface area contributed by atoms with E-state index >= 15 is 0 Å². The number of hydrogen-bond acceptors (Lipinski definition) is 4. The zero-order valence-electron chi connectivity index (χ0n) is 15.5. The first-order valence-corrected chi connectivity index (χ1v) is 10.8. The van der Waals surface area contributed by atoms with E-state index in [4.69, 9.17) is 4.74 Å². The first-order chi connectivity index (χ1) is 13.4. The fourth-order valence-corrected chi connectivity index (χ4v) is 4.95. The smallest absolute Gasteiger partial charge is 0.247 e. The standard InChI is InChI=1S/C21H22FNO4S/c1-27-20-8-5-16(6-9-20)7-10-21(24)23(19-11-12-28(25,26)15-19)14-17-3-2-4-18(22)13-17/h2-10,13,19H,11-12,14-15H2,1H3/b10-7+. The quantitative estimate of drug-likeness (QED) is 0.696. The minimum atomic E-state index is -3.16. The summed E-state index contributed by atoms with van der Waals surface area (Å²) in [6, 6.07) is 12.8. The Balaban J connectivity index is 1.80. The third kappa shape index (κ3) is 5.19. The lowest BCUT2D eigenvalue weighted by molar-refractivity contribution is -0.128. The number of benzene rings is 2. The highest BCUT2D eigenvalue weighted by Crippen LogP contribution is 2.21. The van der Waals surface area contributed by atoms with E-state index in [0.29, 0.717) is 17.7 Å². The molecule has 2 aromatic carbocycles. The summed E-state index contributed by atoms with van der Waals surface area (Å²) in [6.45, 7) is 0.156. The maximum atomic E-state index is 13.5. The van der Waals surface area contributed by atoms with Crippen molar-refractivity contribution in [1.82, 2.24) is 4.90 Å². The van der Waals surface area contributed by atoms with Gasteiger partial charge in [-0.15, -0.1) is 0 Å². The molecule has 7 heteroatoms. The van der Waals surface area contributed by atoms with Crippen molar-refractivity contribution in [3.05, 3.63) is 71.6 Å². The van der Waals surface area contributed by atoms with Gasteiger partial charge in [-0.3, -0.25) is 4.79 Å². The van der Waals surface area contributed by atoms with Crippen molar-refractivity contribution >= 4 is 21.8 Å². The van der Waals surface area contributed by atoms with Crippen LogP contribution in [0.25, 0.3) is 6.08 Å². The van der Waals surface area contributed by atoms with Crippen LogP contribution in [-0.2, 0) is 21.2 Å². The first kappa shape index (κ1) is 20.1. The van der Waals surface area contributed by atoms with E-state index in [1.165, 1.54) is 23.1 Å². The predicted octanol–water partition coefficient (Wildman–Crippen LogP) is 3.06. The number of amides is 1. The van der Waals surface area contributed by atoms with Gasteiger partial charge in [0.2, 0.25) is 5.91 Å². The van der Waals surface area contributed by atoms with E-state index in [1.807, 2.05) is 12.1 Å². The van der Waals surface area contributed by atoms with Crippen LogP contribution in [0.15, 0.2) is 54.6 Å². The highest BCUT2D eigenvalue weighted by Gasteiger charge is 2.34. The van der Waals surface area contributed by atoms with Gasteiger partial charge >= 0.3 is 0 Å². The lowest BCUT2D eigenvalue weighted by Gasteiger charge is -2.27. The molecule has 1 saturated heterocycles. The van der Waals surface area contributed by atoms with Crippen LogP contribution in [0.3, 0.4) is 0 Å². The zero-order valence-corrected chi connectivity index (χ0v) is 16.4. The van der Waals surface area contributed by atoms with E-state index in [1.54, 1.807) is 37.5 Å². The Morgan fingerprint density at radius 2 is 2.00 bits per heavy atom. The second kappa shape index (κ2) is 8.56. The Bertz CT molecular complexity index is 970. The highest BCUT2D eigenvalue weighted by atomic mass is 32.2. The van der Waals surface area contributed by atoms with E-state index in [-0.39, 0.29) is 24.0 Å². The van der Waals surface area contributed by atoms with E-state index < -0.39 is 21.7 Å². The largest absolute Gasteiger partial charge is 0.497 e. The molecule has 0 aliphatic carbocycles. The summed E-state index contributed by atoms with van der Waals surface area (Å²) in [7, 11) is -1.58. The summed E-state index contributed by atoms with van der Waals surface area (Å²) in [4.78, 5) is 14.4. The molecule has 5 nitrogen and oxygen atoms in total. The summed E-state index contributed by atoms with van der Waals surface area (Å²) in [6.07, 6.45) is 3.48. The number of sulfone groups is 1. The van der Waals surface area contributed by atoms with Gasteiger partial charge in [0, 0.05) is 18.7 Å². The minimum absolute atomic E-state index is 0.0623. The summed E-state index contributed by atoms with van der Waals surface area (Å²) in [5.74, 6) is 0.0179. The first-order valence-electron chi connectivity index (χ1n) is 8.94. The van der Waals surface area contributed by atoms with Crippen LogP contribution in [0.4, 0.5) is 4.39 Å². The second-order valence-electron chi connectivity index (χ2n) is 6.76. The molecule has 1 aliphatic rings. The number of carbonyl (C=O) groups excluding carboxylic acids is 1. The molecule has 1 unspecified atom stereocenters. The van der Waals surface area contributed by atoms with Crippen LogP contribution in [0.5, 0.6) is 5.75 Å². The van der Waals surface area contributed by atoms with Gasteiger partial charge in [0.05, 0.1) is 18.6 Å². The lowest BCUT2D eigenvalue weighted by atomic mass is 10.1. The molecule has 148 valence electrons. The molecule has 1 fully saturated rings. The van der Waals surface area contributed by atoms with Crippen LogP contribution >= 0.6 is 0 Å². The fraction of sp³-hybridized carbons (Fsp3) is 0.286. The van der Waals surface area contributed by atoms with Gasteiger partial charge in [0.15, 0.2) is 9.84 Å². The van der Waals surface area contributed by atoms with Gasteiger partial charge in [0.1, 0.15) is 11.6 Å². The van der Waals surface area contributed by atoms with Gasteiger partial charge < -0.3 is 9.64 Å². The SMILES string of the molecule is COc1ccc(/C=C/C(=O)N(Cc2cccc(F)c2)C2CCS(=O)(=O)C2)cc1. The van der Waals surface area contributed by atoms with Crippen LogP contribution in [-0.4, -0.2) is 43.9 Å². The summed E-state index contributed by atoms with van der Waals surface area (Å²) in [5.41, 5.74) is 1.44. The van der Waals surface area contributed by atoms with Crippen molar-refractivity contribution in [3.8, 4) is 5.75 Å². The number of nitrogens with zero attached hydrogens (tertiary/aromatic N) is 1. The van der Waals surface area contributed by atoms with Crippen molar-refractivity contribution in [2.24, 2.45) is 0 Å². The Morgan fingerprint density at radius 3 is 2.61 bits per heavy atom. The predicted molar refractivity (Wildman–Crippen MR) is 106 cm³/mol. The molecule has 3 rings (SSSR count). The molecule has 2 aromatic rings. The Hall–Kier alpha value is -2.67. The normalized spacial score (nSPS) is 18.3. The number of halogens is 1. The minimum Gasteiger partial charge on any atom is -0.497 e. The average molecular weight is 403 g/mol. The Labute approximate surface area is 164 Å². The average Bonchev–Trinajstić information content (AvgIpc) is 3.04. The molecular weight excluding hydrogens is 381 g/mol. The van der Waals surface area contributed by atoms with Crippen LogP contribution in [0, 0.1) is 5.82 Å². The fourth-order valence-electron chi connectivity index (χ4n) is 3.22. The van der Waals surface area contributed by atoms with Gasteiger partial charge in [-0.1, -0.05) is 24.3 Å². The summed E-state index contributed by atoms with van der Waals surface area (Å²) in [5, 5.41) is 0. The molecule has 1 atom stereocenters. The monoisotopic (exact) mass is 403 g/mol. The molecule has 0 radical (unpaired) electrons. The van der Waals surface area contributed by atoms with Crippen LogP contribution < -0.4 is 4.74 Å². The zero-order chi connectivity index (χ0) is 20.1. The van der Waals surface area contributed by atoms with Gasteiger partial charge in [-0.25, -0.2) is 12.8 Å². The summed E-state index contributed by atoms with van der Waals surface area (Å²) >= 11 is 0. The second-order valence-corrected chi connectivity index (χ2v) is 8.99. The molecule has 0 saturated carbocycles. The summed E-state index contributed by atoms with van der Waals surface area (Å²) < 4.78 is 42.4. The number of carbonyl (C=O) groups is 1. The lowest BCUT2D eigenvalue weighted by Crippen LogP contribution is -2.39. The Morgan fingerprint density at radius 1 is 1.25 bits per heavy atom. The molecule has 1 heterocycles. The molecular formula is C21H22FNO4S. The van der Waals surface area contributed by atoms with E-state index in [9.17, 15) is 17.6 Å². The van der Waals surface area contributed by atoms with Gasteiger partial charge in [0.25, 0.3) is 0 Å². The molecule has 0 spiro atoms. The molecule has 28 heavy (non-hydrogen) atoms. The number of methoxy groups -OCH3 is 1. The van der Waals surface area contributed by atoms with Crippen molar-refractivity contribution in [3.63, 3.8) is 0 Å². The number of hydrogen-bond donors (Lipinski definition) is 0. The third-order valence-corrected chi connectivity index (χ3v) is 6.46. The van der Waals surface area contributed by atoms with Crippen molar-refractivity contribution in [2.45, 2.75) is 19.0 Å². The van der Waals surface area contributed by atoms with Crippen molar-refractivity contribution < 1.29 is 22.3 Å². The third-order valence-electron chi connectivity index (χ3n) is 4.71. The number of rotatable bonds is 6. The van der Waals surface area contributed by atoms with Crippen molar-refractivity contribution in [2.75, 3.05) is 18.6 Å². The molecule has 1 amide bonds. The molecule has 0 N–H and O–H groups in total. The topological polar surface area (TPSA) is 63.7 Å². The molecule has 0 aromatic heterocycles. The molecule has 0 bridgehead atoms. The van der Waals surface area contributed by atoms with Crippen molar-refractivity contribution in [1.29, 1.82) is 0 Å². The maximum absolute atomic E-state index is 13.5. The molecule has 1 aliphatic heterocycles. The number of ether oxygens (including phenoxy) is 1. The van der Waals surface area contributed by atoms with Crippen LogP contribution in [0.2, 0.25) is 0 Å². The maximum Gasteiger partial charge on any atom is 0.247 e.